The number of likely N-dealkylation sites (tertiary alicyclic amines) is 1. The summed E-state index contributed by atoms with van der Waals surface area (Å²) >= 11 is 0. The number of ketones is 1. The molecule has 1 saturated heterocycles. The van der Waals surface area contributed by atoms with Crippen molar-refractivity contribution < 1.29 is 39.0 Å². The van der Waals surface area contributed by atoms with Gasteiger partial charge < -0.3 is 42.5 Å². The number of aliphatic carboxylic acids is 2. The Balaban J connectivity index is 2.10. The van der Waals surface area contributed by atoms with Crippen molar-refractivity contribution in [2.45, 2.75) is 83.0 Å². The van der Waals surface area contributed by atoms with Gasteiger partial charge in [-0.3, -0.25) is 29.4 Å². The van der Waals surface area contributed by atoms with Crippen molar-refractivity contribution >= 4 is 41.4 Å². The highest BCUT2D eigenvalue weighted by Crippen LogP contribution is 2.21. The van der Waals surface area contributed by atoms with Gasteiger partial charge in [-0.25, -0.2) is 4.79 Å². The Morgan fingerprint density at radius 2 is 1.69 bits per heavy atom. The number of rotatable bonds is 18. The first-order valence-corrected chi connectivity index (χ1v) is 15.0. The Bertz CT molecular complexity index is 1230. The molecule has 10 N–H and O–H groups in total. The smallest absolute Gasteiger partial charge is 0.326 e. The minimum absolute atomic E-state index is 0.0218. The summed E-state index contributed by atoms with van der Waals surface area (Å²) in [6, 6.07) is 4.12. The number of nitrogens with two attached hydrogens (primary N) is 2. The van der Waals surface area contributed by atoms with Gasteiger partial charge >= 0.3 is 11.9 Å². The molecule has 2 rings (SSSR count). The molecule has 0 aliphatic carbocycles. The summed E-state index contributed by atoms with van der Waals surface area (Å²) in [5.74, 6) is -6.78. The average molecular weight is 632 g/mol. The van der Waals surface area contributed by atoms with Gasteiger partial charge in [-0.05, 0) is 37.2 Å². The largest absolute Gasteiger partial charge is 0.481 e. The number of Topliss-reactive ketones (excluding diaryl/α,β-unsaturated/α-hetero) is 1. The van der Waals surface area contributed by atoms with Crippen molar-refractivity contribution in [3.8, 4) is 0 Å². The fourth-order valence-corrected chi connectivity index (χ4v) is 5.19. The van der Waals surface area contributed by atoms with Crippen LogP contribution in [0.15, 0.2) is 30.3 Å². The maximum absolute atomic E-state index is 13.4. The van der Waals surface area contributed by atoms with Gasteiger partial charge in [0.2, 0.25) is 17.7 Å². The predicted molar refractivity (Wildman–Crippen MR) is 164 cm³/mol. The number of benzene rings is 1. The lowest BCUT2D eigenvalue weighted by Crippen LogP contribution is -2.54. The van der Waals surface area contributed by atoms with Crippen LogP contribution in [0.2, 0.25) is 0 Å². The average Bonchev–Trinajstić information content (AvgIpc) is 3.47. The van der Waals surface area contributed by atoms with Crippen molar-refractivity contribution in [1.82, 2.24) is 20.9 Å². The van der Waals surface area contributed by atoms with E-state index >= 15 is 0 Å². The van der Waals surface area contributed by atoms with Gasteiger partial charge in [-0.1, -0.05) is 44.2 Å². The number of guanidine groups is 1. The second-order valence-corrected chi connectivity index (χ2v) is 11.5. The van der Waals surface area contributed by atoms with Crippen LogP contribution in [0.4, 0.5) is 0 Å². The molecule has 1 aliphatic heterocycles. The zero-order chi connectivity index (χ0) is 33.7. The third kappa shape index (κ3) is 11.8. The summed E-state index contributed by atoms with van der Waals surface area (Å²) in [7, 11) is 0. The number of nitrogens with zero attached hydrogens (tertiary/aromatic N) is 1. The zero-order valence-electron chi connectivity index (χ0n) is 25.7. The SMILES string of the molecule is CC(C)C(CC(=O)[C@H](CC(=O)O)NC(=O)[C@@H]1CCCN1C(=O)[C@@H](N)CCCNC(=N)N)C(=O)N[C@@H](Cc1ccccc1)C(=O)O. The van der Waals surface area contributed by atoms with Crippen molar-refractivity contribution in [3.63, 3.8) is 0 Å². The molecular formula is C30H45N7O8. The highest BCUT2D eigenvalue weighted by molar-refractivity contribution is 5.97. The van der Waals surface area contributed by atoms with Gasteiger partial charge in [0.15, 0.2) is 11.7 Å². The fourth-order valence-electron chi connectivity index (χ4n) is 5.19. The van der Waals surface area contributed by atoms with Crippen LogP contribution >= 0.6 is 0 Å². The zero-order valence-corrected chi connectivity index (χ0v) is 25.7. The first-order chi connectivity index (χ1) is 21.2. The van der Waals surface area contributed by atoms with Crippen LogP contribution < -0.4 is 27.4 Å². The van der Waals surface area contributed by atoms with E-state index in [1.807, 2.05) is 0 Å². The van der Waals surface area contributed by atoms with E-state index in [9.17, 15) is 39.0 Å². The van der Waals surface area contributed by atoms with Crippen LogP contribution in [-0.2, 0) is 35.2 Å². The number of carboxylic acid groups (broad SMARTS) is 2. The minimum atomic E-state index is -1.48. The topological polar surface area (TPSA) is 258 Å². The van der Waals surface area contributed by atoms with E-state index in [4.69, 9.17) is 16.9 Å². The number of carboxylic acids is 2. The van der Waals surface area contributed by atoms with E-state index in [0.717, 1.165) is 0 Å². The van der Waals surface area contributed by atoms with Crippen LogP contribution in [0.25, 0.3) is 0 Å². The van der Waals surface area contributed by atoms with Gasteiger partial charge in [-0.2, -0.15) is 0 Å². The summed E-state index contributed by atoms with van der Waals surface area (Å²) in [4.78, 5) is 77.7. The van der Waals surface area contributed by atoms with E-state index in [1.54, 1.807) is 44.2 Å². The van der Waals surface area contributed by atoms with Crippen LogP contribution in [0, 0.1) is 17.2 Å². The molecule has 1 aromatic rings. The third-order valence-electron chi connectivity index (χ3n) is 7.71. The molecule has 3 amide bonds. The van der Waals surface area contributed by atoms with E-state index in [2.05, 4.69) is 16.0 Å². The van der Waals surface area contributed by atoms with Crippen molar-refractivity contribution in [2.24, 2.45) is 23.3 Å². The molecule has 1 fully saturated rings. The van der Waals surface area contributed by atoms with Gasteiger partial charge in [-0.15, -0.1) is 0 Å². The summed E-state index contributed by atoms with van der Waals surface area (Å²) in [5, 5.41) is 33.9. The van der Waals surface area contributed by atoms with Crippen LogP contribution in [-0.4, -0.2) is 93.8 Å². The summed E-state index contributed by atoms with van der Waals surface area (Å²) in [6.45, 7) is 3.96. The van der Waals surface area contributed by atoms with E-state index in [0.29, 0.717) is 31.4 Å². The van der Waals surface area contributed by atoms with E-state index in [1.165, 1.54) is 4.90 Å². The van der Waals surface area contributed by atoms with Crippen molar-refractivity contribution in [1.29, 1.82) is 5.41 Å². The number of hydrogen-bond acceptors (Lipinski definition) is 8. The molecule has 15 nitrogen and oxygen atoms in total. The number of carbonyl (C=O) groups excluding carboxylic acids is 4. The molecule has 0 radical (unpaired) electrons. The summed E-state index contributed by atoms with van der Waals surface area (Å²) < 4.78 is 0. The first-order valence-electron chi connectivity index (χ1n) is 15.0. The molecule has 0 bridgehead atoms. The Kier molecular flexibility index (Phi) is 14.4. The number of hydrogen-bond donors (Lipinski definition) is 8. The normalized spacial score (nSPS) is 17.1. The van der Waals surface area contributed by atoms with E-state index in [-0.39, 0.29) is 25.3 Å². The second kappa shape index (κ2) is 17.7. The van der Waals surface area contributed by atoms with Crippen LogP contribution in [0.5, 0.6) is 0 Å². The predicted octanol–water partition coefficient (Wildman–Crippen LogP) is -0.429. The van der Waals surface area contributed by atoms with Crippen LogP contribution in [0.1, 0.15) is 57.9 Å². The second-order valence-electron chi connectivity index (χ2n) is 11.5. The number of carbonyl (C=O) groups is 6. The van der Waals surface area contributed by atoms with Crippen molar-refractivity contribution in [3.05, 3.63) is 35.9 Å². The molecular weight excluding hydrogens is 586 g/mol. The molecule has 1 aromatic carbocycles. The van der Waals surface area contributed by atoms with Crippen LogP contribution in [0.3, 0.4) is 0 Å². The number of amides is 3. The first kappa shape index (κ1) is 36.7. The lowest BCUT2D eigenvalue weighted by molar-refractivity contribution is -0.144. The Morgan fingerprint density at radius 1 is 1.02 bits per heavy atom. The molecule has 5 atom stereocenters. The Hall–Kier alpha value is -4.53. The highest BCUT2D eigenvalue weighted by atomic mass is 16.4. The Labute approximate surface area is 262 Å². The molecule has 0 spiro atoms. The monoisotopic (exact) mass is 631 g/mol. The number of nitrogens with one attached hydrogen (secondary N) is 4. The van der Waals surface area contributed by atoms with Crippen molar-refractivity contribution in [2.75, 3.05) is 13.1 Å². The van der Waals surface area contributed by atoms with Gasteiger partial charge in [0, 0.05) is 31.8 Å². The molecule has 248 valence electrons. The standard InChI is InChI=1S/C30H45N7O8/c1-17(2)19(26(41)36-22(29(44)45)14-18-8-4-3-5-9-18)15-24(38)21(16-25(39)40)35-27(42)23-11-7-13-37(23)28(43)20(31)10-6-12-34-30(32)33/h3-5,8-9,17,19-23H,6-7,10-16,31H2,1-2H3,(H,35,42)(H,36,41)(H,39,40)(H,44,45)(H4,32,33,34)/t19?,20-,21-,22-,23-/m0/s1. The molecule has 45 heavy (non-hydrogen) atoms. The quantitative estimate of drug-likeness (QED) is 0.0586. The lowest BCUT2D eigenvalue weighted by Gasteiger charge is -2.29. The summed E-state index contributed by atoms with van der Waals surface area (Å²) in [5.41, 5.74) is 12.0. The Morgan fingerprint density at radius 3 is 2.27 bits per heavy atom. The molecule has 0 saturated carbocycles. The molecule has 1 aliphatic rings. The third-order valence-corrected chi connectivity index (χ3v) is 7.71. The lowest BCUT2D eigenvalue weighted by atomic mass is 9.87. The van der Waals surface area contributed by atoms with Gasteiger partial charge in [0.1, 0.15) is 12.1 Å². The molecule has 0 aromatic heterocycles. The molecule has 1 unspecified atom stereocenters. The molecule has 1 heterocycles. The molecule has 15 heteroatoms. The maximum Gasteiger partial charge on any atom is 0.326 e. The highest BCUT2D eigenvalue weighted by Gasteiger charge is 2.39. The van der Waals surface area contributed by atoms with Gasteiger partial charge in [0.05, 0.1) is 18.5 Å². The maximum atomic E-state index is 13.4. The van der Waals surface area contributed by atoms with Gasteiger partial charge in [0.25, 0.3) is 0 Å². The minimum Gasteiger partial charge on any atom is -0.481 e. The fraction of sp³-hybridized carbons (Fsp3) is 0.567. The summed E-state index contributed by atoms with van der Waals surface area (Å²) in [6.07, 6.45) is 0.363. The van der Waals surface area contributed by atoms with E-state index < -0.39 is 84.3 Å².